The van der Waals surface area contributed by atoms with E-state index < -0.39 is 0 Å². The number of para-hydroxylation sites is 1. The van der Waals surface area contributed by atoms with Crippen LogP contribution in [0.25, 0.3) is 93.9 Å². The van der Waals surface area contributed by atoms with E-state index in [0.29, 0.717) is 0 Å². The van der Waals surface area contributed by atoms with Gasteiger partial charge < -0.3 is 9.47 Å². The van der Waals surface area contributed by atoms with Crippen molar-refractivity contribution >= 4 is 49.6 Å². The van der Waals surface area contributed by atoms with Crippen LogP contribution >= 0.6 is 0 Å². The molecule has 0 bridgehead atoms. The third kappa shape index (κ3) is 7.26. The smallest absolute Gasteiger partial charge is 0.0562 e. The molecule has 67 heavy (non-hydrogen) atoms. The van der Waals surface area contributed by atoms with Crippen LogP contribution in [0.1, 0.15) is 5.56 Å². The lowest BCUT2D eigenvalue weighted by molar-refractivity contribution is 1.18. The van der Waals surface area contributed by atoms with Crippen molar-refractivity contribution in [3.8, 4) is 61.3 Å². The molecule has 0 unspecified atom stereocenters. The van der Waals surface area contributed by atoms with Crippen LogP contribution in [-0.4, -0.2) is 4.57 Å². The molecule has 2 heteroatoms. The first-order chi connectivity index (χ1) is 33.2. The van der Waals surface area contributed by atoms with Crippen molar-refractivity contribution in [3.63, 3.8) is 0 Å². The molecular formula is C65H46N2. The van der Waals surface area contributed by atoms with Crippen molar-refractivity contribution in [1.29, 1.82) is 0 Å². The molecule has 1 heterocycles. The zero-order chi connectivity index (χ0) is 44.7. The first kappa shape index (κ1) is 39.8. The van der Waals surface area contributed by atoms with Gasteiger partial charge in [0.05, 0.1) is 11.0 Å². The molecule has 0 atom stereocenters. The van der Waals surface area contributed by atoms with Crippen LogP contribution in [0.15, 0.2) is 261 Å². The van der Waals surface area contributed by atoms with Gasteiger partial charge in [-0.05, 0) is 140 Å². The summed E-state index contributed by atoms with van der Waals surface area (Å²) in [5.74, 6) is 0. The number of rotatable bonds is 9. The molecule has 0 aliphatic rings. The first-order valence-corrected chi connectivity index (χ1v) is 23.1. The van der Waals surface area contributed by atoms with E-state index in [1.165, 1.54) is 88.2 Å². The topological polar surface area (TPSA) is 8.17 Å². The molecule has 0 saturated heterocycles. The minimum Gasteiger partial charge on any atom is -0.310 e. The third-order valence-electron chi connectivity index (χ3n) is 13.3. The summed E-state index contributed by atoms with van der Waals surface area (Å²) in [6, 6.07) is 94.9. The van der Waals surface area contributed by atoms with Crippen molar-refractivity contribution in [2.75, 3.05) is 4.90 Å². The summed E-state index contributed by atoms with van der Waals surface area (Å²) in [7, 11) is 0. The van der Waals surface area contributed by atoms with Gasteiger partial charge in [-0.2, -0.15) is 0 Å². The van der Waals surface area contributed by atoms with E-state index in [-0.39, 0.29) is 0 Å². The summed E-state index contributed by atoms with van der Waals surface area (Å²) in [5, 5.41) is 5.01. The van der Waals surface area contributed by atoms with Gasteiger partial charge in [0.25, 0.3) is 0 Å². The molecule has 0 radical (unpaired) electrons. The molecule has 0 spiro atoms. The standard InChI is InChI=1S/C65H46N2/c1-45-17-16-28-62-64(45)60-42-39-56(44-63(60)67(62)53-25-12-5-13-26-53)66(55-37-31-50(32-38-55)59-41-33-49-22-14-15-27-58(49)65(59)51-23-10-4-11-24-51)54-35-29-46(30-36-54)52-34-40-57(47-18-6-2-7-19-47)61(43-52)48-20-8-3-9-21-48/h2-44H,1H3. The molecule has 0 amide bonds. The van der Waals surface area contributed by atoms with Crippen molar-refractivity contribution in [2.45, 2.75) is 6.92 Å². The fraction of sp³-hybridized carbons (Fsp3) is 0.0154. The highest BCUT2D eigenvalue weighted by Gasteiger charge is 2.20. The molecule has 2 nitrogen and oxygen atoms in total. The van der Waals surface area contributed by atoms with Crippen molar-refractivity contribution < 1.29 is 0 Å². The Morgan fingerprint density at radius 1 is 0.313 bits per heavy atom. The van der Waals surface area contributed by atoms with Gasteiger partial charge in [-0.1, -0.05) is 200 Å². The molecule has 0 aliphatic heterocycles. The predicted octanol–water partition coefficient (Wildman–Crippen LogP) is 18.1. The SMILES string of the molecule is Cc1cccc2c1c1ccc(N(c3ccc(-c4ccc(-c5ccccc5)c(-c5ccccc5)c4)cc3)c3ccc(-c4ccc5ccccc5c4-c4ccccc4)cc3)cc1n2-c1ccccc1. The molecule has 316 valence electrons. The predicted molar refractivity (Wildman–Crippen MR) is 285 cm³/mol. The normalized spacial score (nSPS) is 11.4. The van der Waals surface area contributed by atoms with Gasteiger partial charge >= 0.3 is 0 Å². The molecule has 11 aromatic carbocycles. The minimum atomic E-state index is 1.08. The number of aromatic nitrogens is 1. The second kappa shape index (κ2) is 17.0. The summed E-state index contributed by atoms with van der Waals surface area (Å²) in [6.07, 6.45) is 0. The second-order valence-corrected chi connectivity index (χ2v) is 17.3. The molecular weight excluding hydrogens is 809 g/mol. The summed E-state index contributed by atoms with van der Waals surface area (Å²) in [5.41, 5.74) is 20.1. The highest BCUT2D eigenvalue weighted by molar-refractivity contribution is 6.12. The largest absolute Gasteiger partial charge is 0.310 e. The zero-order valence-electron chi connectivity index (χ0n) is 37.2. The Morgan fingerprint density at radius 3 is 1.54 bits per heavy atom. The Morgan fingerprint density at radius 2 is 0.851 bits per heavy atom. The van der Waals surface area contributed by atoms with Crippen LogP contribution in [0, 0.1) is 6.92 Å². The van der Waals surface area contributed by atoms with E-state index in [4.69, 9.17) is 0 Å². The number of benzene rings is 11. The highest BCUT2D eigenvalue weighted by Crippen LogP contribution is 2.44. The van der Waals surface area contributed by atoms with E-state index in [2.05, 4.69) is 277 Å². The number of fused-ring (bicyclic) bond motifs is 4. The van der Waals surface area contributed by atoms with Crippen LogP contribution in [0.2, 0.25) is 0 Å². The maximum Gasteiger partial charge on any atom is 0.0562 e. The van der Waals surface area contributed by atoms with Crippen molar-refractivity contribution in [2.24, 2.45) is 0 Å². The van der Waals surface area contributed by atoms with E-state index in [1.54, 1.807) is 0 Å². The lowest BCUT2D eigenvalue weighted by Crippen LogP contribution is -2.10. The minimum absolute atomic E-state index is 1.08. The van der Waals surface area contributed by atoms with Crippen LogP contribution in [-0.2, 0) is 0 Å². The quantitative estimate of drug-likeness (QED) is 0.140. The Balaban J connectivity index is 1.01. The van der Waals surface area contributed by atoms with Gasteiger partial charge in [-0.15, -0.1) is 0 Å². The average Bonchev–Trinajstić information content (AvgIpc) is 3.74. The number of aryl methyl sites for hydroxylation is 1. The Kier molecular flexibility index (Phi) is 10.1. The molecule has 0 fully saturated rings. The fourth-order valence-corrected chi connectivity index (χ4v) is 10.1. The average molecular weight is 855 g/mol. The molecule has 0 saturated carbocycles. The van der Waals surface area contributed by atoms with Gasteiger partial charge in [-0.25, -0.2) is 0 Å². The third-order valence-corrected chi connectivity index (χ3v) is 13.3. The summed E-state index contributed by atoms with van der Waals surface area (Å²) >= 11 is 0. The number of hydrogen-bond donors (Lipinski definition) is 0. The Bertz CT molecular complexity index is 3700. The van der Waals surface area contributed by atoms with E-state index in [0.717, 1.165) is 28.3 Å². The summed E-state index contributed by atoms with van der Waals surface area (Å²) < 4.78 is 2.42. The van der Waals surface area contributed by atoms with Gasteiger partial charge in [0.2, 0.25) is 0 Å². The van der Waals surface area contributed by atoms with Gasteiger partial charge in [0.15, 0.2) is 0 Å². The molecule has 0 N–H and O–H groups in total. The van der Waals surface area contributed by atoms with Crippen molar-refractivity contribution in [3.05, 3.63) is 266 Å². The van der Waals surface area contributed by atoms with Crippen LogP contribution in [0.5, 0.6) is 0 Å². The summed E-state index contributed by atoms with van der Waals surface area (Å²) in [4.78, 5) is 2.40. The van der Waals surface area contributed by atoms with Crippen molar-refractivity contribution in [1.82, 2.24) is 4.57 Å². The maximum atomic E-state index is 2.42. The van der Waals surface area contributed by atoms with E-state index >= 15 is 0 Å². The molecule has 12 rings (SSSR count). The van der Waals surface area contributed by atoms with Crippen LogP contribution in [0.4, 0.5) is 17.1 Å². The van der Waals surface area contributed by atoms with E-state index in [9.17, 15) is 0 Å². The van der Waals surface area contributed by atoms with Gasteiger partial charge in [0.1, 0.15) is 0 Å². The van der Waals surface area contributed by atoms with Crippen LogP contribution < -0.4 is 4.90 Å². The number of anilines is 3. The highest BCUT2D eigenvalue weighted by atomic mass is 15.1. The number of hydrogen-bond acceptors (Lipinski definition) is 1. The van der Waals surface area contributed by atoms with Crippen LogP contribution in [0.3, 0.4) is 0 Å². The molecule has 1 aromatic heterocycles. The number of nitrogens with zero attached hydrogens (tertiary/aromatic N) is 2. The summed E-state index contributed by atoms with van der Waals surface area (Å²) in [6.45, 7) is 2.22. The first-order valence-electron chi connectivity index (χ1n) is 23.1. The second-order valence-electron chi connectivity index (χ2n) is 17.3. The maximum absolute atomic E-state index is 2.42. The van der Waals surface area contributed by atoms with E-state index in [1.807, 2.05) is 0 Å². The lowest BCUT2D eigenvalue weighted by atomic mass is 9.90. The lowest BCUT2D eigenvalue weighted by Gasteiger charge is -2.26. The Labute approximate surface area is 391 Å². The van der Waals surface area contributed by atoms with Gasteiger partial charge in [-0.3, -0.25) is 0 Å². The molecule has 12 aromatic rings. The zero-order valence-corrected chi connectivity index (χ0v) is 37.2. The Hall–Kier alpha value is -8.72. The van der Waals surface area contributed by atoms with Gasteiger partial charge in [0, 0.05) is 33.5 Å². The fourth-order valence-electron chi connectivity index (χ4n) is 10.1. The molecule has 0 aliphatic carbocycles. The monoisotopic (exact) mass is 854 g/mol.